The monoisotopic (exact) mass is 288 g/mol. The van der Waals surface area contributed by atoms with Crippen molar-refractivity contribution in [3.05, 3.63) is 40.4 Å². The van der Waals surface area contributed by atoms with Crippen LogP contribution in [0.2, 0.25) is 0 Å². The van der Waals surface area contributed by atoms with E-state index in [0.717, 1.165) is 28.3 Å². The molecule has 2 aromatic heterocycles. The number of amides is 2. The maximum Gasteiger partial charge on any atom is 0.323 e. The van der Waals surface area contributed by atoms with E-state index in [4.69, 9.17) is 4.52 Å². The average molecular weight is 288 g/mol. The summed E-state index contributed by atoms with van der Waals surface area (Å²) in [5.41, 5.74) is 3.67. The molecule has 0 fully saturated rings. The molecule has 2 aromatic rings. The van der Waals surface area contributed by atoms with Gasteiger partial charge in [0.2, 0.25) is 0 Å². The van der Waals surface area contributed by atoms with Crippen molar-refractivity contribution in [1.29, 1.82) is 0 Å². The molecule has 0 aromatic carbocycles. The number of nitrogens with zero attached hydrogens (tertiary/aromatic N) is 3. The van der Waals surface area contributed by atoms with Crippen LogP contribution in [-0.4, -0.2) is 28.1 Å². The lowest BCUT2D eigenvalue weighted by Gasteiger charge is -2.17. The second kappa shape index (κ2) is 5.95. The third-order valence-electron chi connectivity index (χ3n) is 3.26. The smallest absolute Gasteiger partial charge is 0.323 e. The summed E-state index contributed by atoms with van der Waals surface area (Å²) in [4.78, 5) is 18.1. The molecule has 2 amide bonds. The Morgan fingerprint density at radius 3 is 2.57 bits per heavy atom. The minimum absolute atomic E-state index is 0.215. The highest BCUT2D eigenvalue weighted by Gasteiger charge is 2.15. The van der Waals surface area contributed by atoms with E-state index in [1.54, 1.807) is 11.9 Å². The van der Waals surface area contributed by atoms with Gasteiger partial charge in [0.15, 0.2) is 0 Å². The van der Waals surface area contributed by atoms with Crippen LogP contribution >= 0.6 is 0 Å². The van der Waals surface area contributed by atoms with Gasteiger partial charge < -0.3 is 9.42 Å². The molecule has 21 heavy (non-hydrogen) atoms. The quantitative estimate of drug-likeness (QED) is 0.942. The average Bonchev–Trinajstić information content (AvgIpc) is 2.69. The molecule has 1 N–H and O–H groups in total. The Morgan fingerprint density at radius 2 is 2.00 bits per heavy atom. The summed E-state index contributed by atoms with van der Waals surface area (Å²) in [5.74, 6) is 1.29. The van der Waals surface area contributed by atoms with Crippen LogP contribution in [0, 0.1) is 27.7 Å². The molecule has 0 aliphatic rings. The molecule has 6 nitrogen and oxygen atoms in total. The fourth-order valence-corrected chi connectivity index (χ4v) is 2.15. The molecule has 0 aliphatic carbocycles. The number of aryl methyl sites for hydroxylation is 4. The number of aromatic nitrogens is 2. The van der Waals surface area contributed by atoms with Gasteiger partial charge in [-0.3, -0.25) is 5.32 Å². The molecule has 0 radical (unpaired) electrons. The normalized spacial score (nSPS) is 10.5. The Hall–Kier alpha value is -2.37. The zero-order valence-electron chi connectivity index (χ0n) is 13.0. The molecule has 0 unspecified atom stereocenters. The number of urea groups is 1. The van der Waals surface area contributed by atoms with Crippen LogP contribution < -0.4 is 5.32 Å². The predicted octanol–water partition coefficient (Wildman–Crippen LogP) is 2.97. The molecular weight excluding hydrogens is 268 g/mol. The van der Waals surface area contributed by atoms with E-state index in [1.165, 1.54) is 0 Å². The lowest BCUT2D eigenvalue weighted by molar-refractivity contribution is 0.220. The Morgan fingerprint density at radius 1 is 1.29 bits per heavy atom. The number of hydrogen-bond acceptors (Lipinski definition) is 4. The first-order chi connectivity index (χ1) is 9.86. The zero-order chi connectivity index (χ0) is 15.6. The van der Waals surface area contributed by atoms with Gasteiger partial charge in [-0.2, -0.15) is 0 Å². The molecule has 6 heteroatoms. The highest BCUT2D eigenvalue weighted by Crippen LogP contribution is 2.15. The summed E-state index contributed by atoms with van der Waals surface area (Å²) >= 11 is 0. The minimum atomic E-state index is -0.215. The number of rotatable bonds is 3. The number of carbonyl (C=O) groups is 1. The standard InChI is InChI=1S/C15H20N4O2/c1-9-6-10(2)16-14(7-9)17-15(20)19(5)8-13-11(3)18-21-12(13)4/h6-7H,8H2,1-5H3,(H,16,17,20). The Bertz CT molecular complexity index is 624. The van der Waals surface area contributed by atoms with E-state index in [2.05, 4.69) is 15.5 Å². The van der Waals surface area contributed by atoms with Gasteiger partial charge in [-0.15, -0.1) is 0 Å². The van der Waals surface area contributed by atoms with Crippen molar-refractivity contribution in [2.24, 2.45) is 0 Å². The third kappa shape index (κ3) is 3.59. The first kappa shape index (κ1) is 15.0. The van der Waals surface area contributed by atoms with E-state index in [1.807, 2.05) is 39.8 Å². The van der Waals surface area contributed by atoms with Gasteiger partial charge in [-0.1, -0.05) is 5.16 Å². The largest absolute Gasteiger partial charge is 0.361 e. The highest BCUT2D eigenvalue weighted by molar-refractivity contribution is 5.88. The minimum Gasteiger partial charge on any atom is -0.361 e. The van der Waals surface area contributed by atoms with Gasteiger partial charge in [-0.25, -0.2) is 9.78 Å². The van der Waals surface area contributed by atoms with E-state index >= 15 is 0 Å². The molecule has 0 aliphatic heterocycles. The molecule has 2 rings (SSSR count). The molecule has 0 saturated carbocycles. The van der Waals surface area contributed by atoms with Gasteiger partial charge in [0.05, 0.1) is 12.2 Å². The molecule has 0 spiro atoms. The second-order valence-corrected chi connectivity index (χ2v) is 5.26. The van der Waals surface area contributed by atoms with Crippen molar-refractivity contribution in [1.82, 2.24) is 15.0 Å². The van der Waals surface area contributed by atoms with E-state index in [0.29, 0.717) is 12.4 Å². The van der Waals surface area contributed by atoms with Crippen molar-refractivity contribution >= 4 is 11.8 Å². The number of anilines is 1. The lowest BCUT2D eigenvalue weighted by Crippen LogP contribution is -2.31. The molecule has 0 bridgehead atoms. The van der Waals surface area contributed by atoms with Crippen LogP contribution in [0.1, 0.15) is 28.3 Å². The van der Waals surface area contributed by atoms with Gasteiger partial charge in [-0.05, 0) is 45.4 Å². The SMILES string of the molecule is Cc1cc(C)nc(NC(=O)N(C)Cc2c(C)noc2C)c1. The molecule has 0 saturated heterocycles. The van der Waals surface area contributed by atoms with E-state index in [-0.39, 0.29) is 6.03 Å². The lowest BCUT2D eigenvalue weighted by atomic mass is 10.2. The fourth-order valence-electron chi connectivity index (χ4n) is 2.15. The van der Waals surface area contributed by atoms with Crippen LogP contribution in [0.4, 0.5) is 10.6 Å². The number of nitrogens with one attached hydrogen (secondary N) is 1. The van der Waals surface area contributed by atoms with Crippen LogP contribution in [-0.2, 0) is 6.54 Å². The maximum absolute atomic E-state index is 12.2. The molecule has 0 atom stereocenters. The van der Waals surface area contributed by atoms with Crippen LogP contribution in [0.3, 0.4) is 0 Å². The van der Waals surface area contributed by atoms with E-state index < -0.39 is 0 Å². The Labute approximate surface area is 124 Å². The van der Waals surface area contributed by atoms with Gasteiger partial charge in [0.25, 0.3) is 0 Å². The molecule has 112 valence electrons. The highest BCUT2D eigenvalue weighted by atomic mass is 16.5. The summed E-state index contributed by atoms with van der Waals surface area (Å²) in [6, 6.07) is 3.59. The molecular formula is C15H20N4O2. The number of pyridine rings is 1. The van der Waals surface area contributed by atoms with Gasteiger partial charge in [0, 0.05) is 18.3 Å². The second-order valence-electron chi connectivity index (χ2n) is 5.26. The predicted molar refractivity (Wildman–Crippen MR) is 80.2 cm³/mol. The Balaban J connectivity index is 2.06. The fraction of sp³-hybridized carbons (Fsp3) is 0.400. The zero-order valence-corrected chi connectivity index (χ0v) is 13.0. The summed E-state index contributed by atoms with van der Waals surface area (Å²) in [5, 5.41) is 6.69. The van der Waals surface area contributed by atoms with Crippen LogP contribution in [0.5, 0.6) is 0 Å². The van der Waals surface area contributed by atoms with Crippen molar-refractivity contribution in [2.45, 2.75) is 34.2 Å². The Kier molecular flexibility index (Phi) is 4.26. The summed E-state index contributed by atoms with van der Waals surface area (Å²) in [6.07, 6.45) is 0. The van der Waals surface area contributed by atoms with E-state index in [9.17, 15) is 4.79 Å². The summed E-state index contributed by atoms with van der Waals surface area (Å²) in [7, 11) is 1.73. The van der Waals surface area contributed by atoms with Gasteiger partial charge >= 0.3 is 6.03 Å². The summed E-state index contributed by atoms with van der Waals surface area (Å²) < 4.78 is 5.10. The first-order valence-corrected chi connectivity index (χ1v) is 6.76. The molecule has 2 heterocycles. The van der Waals surface area contributed by atoms with Gasteiger partial charge in [0.1, 0.15) is 11.6 Å². The van der Waals surface area contributed by atoms with Crippen LogP contribution in [0.25, 0.3) is 0 Å². The van der Waals surface area contributed by atoms with Crippen molar-refractivity contribution < 1.29 is 9.32 Å². The van der Waals surface area contributed by atoms with Crippen molar-refractivity contribution in [2.75, 3.05) is 12.4 Å². The summed E-state index contributed by atoms with van der Waals surface area (Å²) in [6.45, 7) is 8.02. The van der Waals surface area contributed by atoms with Crippen molar-refractivity contribution in [3.8, 4) is 0 Å². The van der Waals surface area contributed by atoms with Crippen molar-refractivity contribution in [3.63, 3.8) is 0 Å². The van der Waals surface area contributed by atoms with Crippen LogP contribution in [0.15, 0.2) is 16.7 Å². The third-order valence-corrected chi connectivity index (χ3v) is 3.26. The first-order valence-electron chi connectivity index (χ1n) is 6.76. The maximum atomic E-state index is 12.2. The number of hydrogen-bond donors (Lipinski definition) is 1. The topological polar surface area (TPSA) is 71.3 Å². The number of carbonyl (C=O) groups excluding carboxylic acids is 1.